The fraction of sp³-hybridized carbons (Fsp3) is 0.429. The number of anilines is 1. The number of H-pyrrole nitrogens is 1. The van der Waals surface area contributed by atoms with Gasteiger partial charge >= 0.3 is 6.18 Å². The van der Waals surface area contributed by atoms with Crippen LogP contribution in [-0.2, 0) is 17.5 Å². The first-order chi connectivity index (χ1) is 14.3. The summed E-state index contributed by atoms with van der Waals surface area (Å²) in [5, 5.41) is 0. The standard InChI is InChI=1S/C21H25F3N4O2/c1-26(14-16-5-3-4-6-18(16)30-2)20(29)15-27-9-11-28(12-10-27)19-8-7-17(13-25-19)21(22,23)24/h3-8,13H,9-12,14-15H2,1-2H3/p+2. The minimum atomic E-state index is -4.35. The predicted octanol–water partition coefficient (Wildman–Crippen LogP) is 0.892. The van der Waals surface area contributed by atoms with Crippen LogP contribution in [-0.4, -0.2) is 57.7 Å². The zero-order valence-electron chi connectivity index (χ0n) is 17.1. The van der Waals surface area contributed by atoms with Gasteiger partial charge in [-0.15, -0.1) is 0 Å². The number of carbonyl (C=O) groups excluding carboxylic acids is 1. The van der Waals surface area contributed by atoms with E-state index in [2.05, 4.69) is 4.98 Å². The molecule has 1 saturated heterocycles. The summed E-state index contributed by atoms with van der Waals surface area (Å²) in [6, 6.07) is 10.2. The molecule has 0 spiro atoms. The fourth-order valence-corrected chi connectivity index (χ4v) is 3.56. The lowest BCUT2D eigenvalue weighted by molar-refractivity contribution is -0.892. The summed E-state index contributed by atoms with van der Waals surface area (Å²) in [6.45, 7) is 3.67. The number of rotatable bonds is 6. The van der Waals surface area contributed by atoms with Crippen LogP contribution in [0.3, 0.4) is 0 Å². The van der Waals surface area contributed by atoms with Gasteiger partial charge in [-0.25, -0.2) is 4.98 Å². The molecule has 2 heterocycles. The summed E-state index contributed by atoms with van der Waals surface area (Å²) < 4.78 is 43.4. The lowest BCUT2D eigenvalue weighted by Crippen LogP contribution is -3.15. The number of nitrogens with one attached hydrogen (secondary N) is 2. The van der Waals surface area contributed by atoms with Crippen LogP contribution in [0.25, 0.3) is 0 Å². The van der Waals surface area contributed by atoms with Crippen molar-refractivity contribution in [3.63, 3.8) is 0 Å². The van der Waals surface area contributed by atoms with Gasteiger partial charge in [-0.1, -0.05) is 18.2 Å². The van der Waals surface area contributed by atoms with Crippen molar-refractivity contribution in [1.82, 2.24) is 4.90 Å². The number of likely N-dealkylation sites (N-methyl/N-ethyl adjacent to an activating group) is 1. The monoisotopic (exact) mass is 424 g/mol. The Labute approximate surface area is 173 Å². The zero-order valence-corrected chi connectivity index (χ0v) is 17.1. The van der Waals surface area contributed by atoms with Crippen LogP contribution in [0.15, 0.2) is 42.6 Å². The number of benzene rings is 1. The van der Waals surface area contributed by atoms with Gasteiger partial charge in [-0.05, 0) is 12.1 Å². The van der Waals surface area contributed by atoms with Gasteiger partial charge in [0.15, 0.2) is 6.54 Å². The molecule has 0 saturated carbocycles. The van der Waals surface area contributed by atoms with Crippen molar-refractivity contribution in [2.24, 2.45) is 0 Å². The van der Waals surface area contributed by atoms with Crippen molar-refractivity contribution in [1.29, 1.82) is 0 Å². The van der Waals surface area contributed by atoms with E-state index in [1.165, 1.54) is 6.07 Å². The molecule has 3 rings (SSSR count). The van der Waals surface area contributed by atoms with Crippen LogP contribution in [0, 0.1) is 0 Å². The average molecular weight is 424 g/mol. The van der Waals surface area contributed by atoms with E-state index in [4.69, 9.17) is 4.74 Å². The van der Waals surface area contributed by atoms with E-state index in [0.717, 1.165) is 41.6 Å². The van der Waals surface area contributed by atoms with Gasteiger partial charge in [-0.2, -0.15) is 13.2 Å². The zero-order chi connectivity index (χ0) is 21.7. The van der Waals surface area contributed by atoms with Crippen LogP contribution < -0.4 is 19.5 Å². The molecule has 1 aliphatic heterocycles. The van der Waals surface area contributed by atoms with Crippen molar-refractivity contribution in [2.75, 3.05) is 51.8 Å². The molecule has 0 bridgehead atoms. The molecule has 30 heavy (non-hydrogen) atoms. The molecule has 0 radical (unpaired) electrons. The summed E-state index contributed by atoms with van der Waals surface area (Å²) in [5.41, 5.74) is 0.257. The predicted molar refractivity (Wildman–Crippen MR) is 105 cm³/mol. The van der Waals surface area contributed by atoms with Gasteiger partial charge in [0.05, 0.1) is 12.7 Å². The Morgan fingerprint density at radius 3 is 2.50 bits per heavy atom. The summed E-state index contributed by atoms with van der Waals surface area (Å²) in [6.07, 6.45) is -3.36. The second kappa shape index (κ2) is 9.34. The topological polar surface area (TPSA) is 51.4 Å². The molecule has 1 amide bonds. The van der Waals surface area contributed by atoms with E-state index in [1.54, 1.807) is 19.1 Å². The number of hydrogen-bond donors (Lipinski definition) is 1. The third-order valence-electron chi connectivity index (χ3n) is 5.36. The van der Waals surface area contributed by atoms with Crippen molar-refractivity contribution in [3.05, 3.63) is 53.7 Å². The molecule has 1 aromatic heterocycles. The van der Waals surface area contributed by atoms with Crippen molar-refractivity contribution in [3.8, 4) is 5.75 Å². The number of para-hydroxylation sites is 1. The normalized spacial score (nSPS) is 15.2. The highest BCUT2D eigenvalue weighted by Gasteiger charge is 2.33. The Balaban J connectivity index is 1.50. The molecule has 2 aromatic rings. The number of pyridine rings is 1. The van der Waals surface area contributed by atoms with Gasteiger partial charge in [0, 0.05) is 25.2 Å². The van der Waals surface area contributed by atoms with Gasteiger partial charge in [-0.3, -0.25) is 9.69 Å². The van der Waals surface area contributed by atoms with Crippen molar-refractivity contribution >= 4 is 11.7 Å². The molecule has 0 aliphatic carbocycles. The SMILES string of the molecule is COc1ccccc1CN(C)C(=O)C[NH+]1CCN(c2ccc(C(F)(F)F)c[nH+]2)CC1. The number of alkyl halides is 3. The molecule has 1 fully saturated rings. The third kappa shape index (κ3) is 5.41. The van der Waals surface area contributed by atoms with E-state index in [-0.39, 0.29) is 5.91 Å². The molecular weight excluding hydrogens is 397 g/mol. The molecule has 0 atom stereocenters. The lowest BCUT2D eigenvalue weighted by Gasteiger charge is -2.29. The van der Waals surface area contributed by atoms with E-state index >= 15 is 0 Å². The summed E-state index contributed by atoms with van der Waals surface area (Å²) in [4.78, 5) is 20.2. The number of piperazine rings is 1. The minimum absolute atomic E-state index is 0.0467. The van der Waals surface area contributed by atoms with E-state index < -0.39 is 11.7 Å². The second-order valence-corrected chi connectivity index (χ2v) is 7.44. The summed E-state index contributed by atoms with van der Waals surface area (Å²) in [7, 11) is 3.39. The number of quaternary nitrogens is 1. The van der Waals surface area contributed by atoms with E-state index in [1.807, 2.05) is 29.2 Å². The number of halogens is 3. The third-order valence-corrected chi connectivity index (χ3v) is 5.36. The van der Waals surface area contributed by atoms with Crippen LogP contribution in [0.1, 0.15) is 11.1 Å². The van der Waals surface area contributed by atoms with Crippen molar-refractivity contribution in [2.45, 2.75) is 12.7 Å². The number of aromatic nitrogens is 1. The molecule has 2 N–H and O–H groups in total. The maximum absolute atomic E-state index is 12.7. The molecule has 9 heteroatoms. The highest BCUT2D eigenvalue weighted by molar-refractivity contribution is 5.76. The molecule has 1 aliphatic rings. The molecule has 0 unspecified atom stereocenters. The van der Waals surface area contributed by atoms with Gasteiger partial charge in [0.1, 0.15) is 38.1 Å². The largest absolute Gasteiger partial charge is 0.496 e. The molecule has 162 valence electrons. The van der Waals surface area contributed by atoms with E-state index in [0.29, 0.717) is 32.0 Å². The number of hydrogen-bond acceptors (Lipinski definition) is 3. The molecule has 1 aromatic carbocycles. The number of ether oxygens (including phenoxy) is 1. The number of nitrogens with zero attached hydrogens (tertiary/aromatic N) is 2. The molecular formula is C21H27F3N4O2+2. The van der Waals surface area contributed by atoms with Gasteiger partial charge in [0.2, 0.25) is 0 Å². The van der Waals surface area contributed by atoms with Gasteiger partial charge < -0.3 is 14.5 Å². The molecule has 6 nitrogen and oxygen atoms in total. The smallest absolute Gasteiger partial charge is 0.419 e. The first-order valence-electron chi connectivity index (χ1n) is 9.81. The summed E-state index contributed by atoms with van der Waals surface area (Å²) in [5.74, 6) is 1.46. The highest BCUT2D eigenvalue weighted by atomic mass is 19.4. The Hall–Kier alpha value is -2.81. The number of methoxy groups -OCH3 is 1. The lowest BCUT2D eigenvalue weighted by atomic mass is 10.2. The Bertz CT molecular complexity index is 850. The first-order valence-corrected chi connectivity index (χ1v) is 9.81. The Kier molecular flexibility index (Phi) is 6.81. The minimum Gasteiger partial charge on any atom is -0.496 e. The Morgan fingerprint density at radius 1 is 1.20 bits per heavy atom. The maximum atomic E-state index is 12.7. The van der Waals surface area contributed by atoms with E-state index in [9.17, 15) is 18.0 Å². The average Bonchev–Trinajstić information content (AvgIpc) is 2.74. The van der Waals surface area contributed by atoms with Gasteiger partial charge in [0.25, 0.3) is 11.7 Å². The summed E-state index contributed by atoms with van der Waals surface area (Å²) >= 11 is 0. The number of amides is 1. The fourth-order valence-electron chi connectivity index (χ4n) is 3.56. The van der Waals surface area contributed by atoms with Crippen LogP contribution >= 0.6 is 0 Å². The number of aromatic amines is 1. The Morgan fingerprint density at radius 2 is 1.90 bits per heavy atom. The maximum Gasteiger partial charge on any atom is 0.419 e. The second-order valence-electron chi connectivity index (χ2n) is 7.44. The highest BCUT2D eigenvalue weighted by Crippen LogP contribution is 2.28. The van der Waals surface area contributed by atoms with Crippen LogP contribution in [0.4, 0.5) is 19.0 Å². The number of carbonyl (C=O) groups is 1. The quantitative estimate of drug-likeness (QED) is 0.750. The first kappa shape index (κ1) is 21.9. The van der Waals surface area contributed by atoms with Crippen LogP contribution in [0.2, 0.25) is 0 Å². The van der Waals surface area contributed by atoms with Crippen molar-refractivity contribution < 1.29 is 32.6 Å². The van der Waals surface area contributed by atoms with Crippen LogP contribution in [0.5, 0.6) is 5.75 Å².